The summed E-state index contributed by atoms with van der Waals surface area (Å²) >= 11 is 0. The van der Waals surface area contributed by atoms with Crippen LogP contribution in [0.4, 0.5) is 0 Å². The quantitative estimate of drug-likeness (QED) is 0.700. The number of benzene rings is 1. The maximum atomic E-state index is 13.1. The van der Waals surface area contributed by atoms with Gasteiger partial charge >= 0.3 is 0 Å². The summed E-state index contributed by atoms with van der Waals surface area (Å²) in [4.78, 5) is 14.9. The Morgan fingerprint density at radius 2 is 1.86 bits per heavy atom. The number of hydrogen-bond acceptors (Lipinski definition) is 4. The topological polar surface area (TPSA) is 68.8 Å². The zero-order valence-electron chi connectivity index (χ0n) is 17.0. The normalized spacial score (nSPS) is 16.5. The molecule has 0 spiro atoms. The van der Waals surface area contributed by atoms with Gasteiger partial charge in [-0.25, -0.2) is 4.68 Å². The second-order valence-electron chi connectivity index (χ2n) is 7.92. The minimum Gasteiger partial charge on any atom is -0.329 e. The number of nitrogens with zero attached hydrogens (tertiary/aromatic N) is 6. The van der Waals surface area contributed by atoms with Crippen LogP contribution in [0.3, 0.4) is 0 Å². The smallest absolute Gasteiger partial charge is 0.254 e. The molecule has 3 heterocycles. The van der Waals surface area contributed by atoms with Crippen molar-refractivity contribution in [3.8, 4) is 5.69 Å². The van der Waals surface area contributed by atoms with Crippen LogP contribution in [0.15, 0.2) is 30.3 Å². The first kappa shape index (κ1) is 18.4. The first-order valence-electron chi connectivity index (χ1n) is 9.71. The molecule has 0 radical (unpaired) electrons. The molecule has 0 aliphatic carbocycles. The highest BCUT2D eigenvalue weighted by molar-refractivity contribution is 5.94. The molecule has 0 N–H and O–H groups in total. The van der Waals surface area contributed by atoms with E-state index in [2.05, 4.69) is 40.6 Å². The van der Waals surface area contributed by atoms with Crippen molar-refractivity contribution in [2.24, 2.45) is 0 Å². The molecule has 28 heavy (non-hydrogen) atoms. The van der Waals surface area contributed by atoms with Gasteiger partial charge in [-0.2, -0.15) is 5.10 Å². The summed E-state index contributed by atoms with van der Waals surface area (Å²) in [5, 5.41) is 13.2. The predicted molar refractivity (Wildman–Crippen MR) is 107 cm³/mol. The maximum Gasteiger partial charge on any atom is 0.254 e. The van der Waals surface area contributed by atoms with E-state index in [0.29, 0.717) is 24.6 Å². The molecule has 3 aromatic rings. The molecule has 146 valence electrons. The summed E-state index contributed by atoms with van der Waals surface area (Å²) in [7, 11) is 0. The van der Waals surface area contributed by atoms with Crippen molar-refractivity contribution in [1.82, 2.24) is 29.4 Å². The third kappa shape index (κ3) is 3.10. The van der Waals surface area contributed by atoms with Gasteiger partial charge in [0.15, 0.2) is 5.82 Å². The molecular formula is C21H26N6O. The second-order valence-corrected chi connectivity index (χ2v) is 7.92. The van der Waals surface area contributed by atoms with Crippen LogP contribution in [0.5, 0.6) is 0 Å². The molecule has 1 atom stereocenters. The number of carbonyl (C=O) groups excluding carboxylic acids is 1. The lowest BCUT2D eigenvalue weighted by atomic mass is 10.1. The van der Waals surface area contributed by atoms with Crippen molar-refractivity contribution in [3.63, 3.8) is 0 Å². The Bertz CT molecular complexity index is 1010. The molecular weight excluding hydrogens is 352 g/mol. The Morgan fingerprint density at radius 3 is 2.46 bits per heavy atom. The van der Waals surface area contributed by atoms with Gasteiger partial charge in [-0.05, 0) is 51.1 Å². The number of carbonyl (C=O) groups is 1. The standard InChI is InChI=1S/C21H26N6O/c1-13(2)20-23-22-19-12-25(11-16(5)26(19)20)21(28)17-6-8-18(9-7-17)27-15(4)10-14(3)24-27/h6-10,13,16H,11-12H2,1-5H3/t16-/m0/s1. The van der Waals surface area contributed by atoms with Crippen molar-refractivity contribution in [3.05, 3.63) is 58.9 Å². The summed E-state index contributed by atoms with van der Waals surface area (Å²) in [5.41, 5.74) is 3.68. The fourth-order valence-electron chi connectivity index (χ4n) is 3.93. The van der Waals surface area contributed by atoms with E-state index in [9.17, 15) is 4.79 Å². The van der Waals surface area contributed by atoms with Crippen molar-refractivity contribution in [2.75, 3.05) is 6.54 Å². The van der Waals surface area contributed by atoms with Crippen LogP contribution in [0.2, 0.25) is 0 Å². The Kier molecular flexibility index (Phi) is 4.53. The van der Waals surface area contributed by atoms with Crippen LogP contribution >= 0.6 is 0 Å². The van der Waals surface area contributed by atoms with Crippen LogP contribution < -0.4 is 0 Å². The van der Waals surface area contributed by atoms with Gasteiger partial charge < -0.3 is 9.47 Å². The molecule has 0 unspecified atom stereocenters. The molecule has 4 rings (SSSR count). The first-order valence-corrected chi connectivity index (χ1v) is 9.71. The Morgan fingerprint density at radius 1 is 1.14 bits per heavy atom. The summed E-state index contributed by atoms with van der Waals surface area (Å²) in [5.74, 6) is 2.18. The van der Waals surface area contributed by atoms with Gasteiger partial charge in [0.05, 0.1) is 24.0 Å². The number of aryl methyl sites for hydroxylation is 2. The van der Waals surface area contributed by atoms with E-state index < -0.39 is 0 Å². The van der Waals surface area contributed by atoms with E-state index in [1.807, 2.05) is 53.8 Å². The van der Waals surface area contributed by atoms with E-state index in [0.717, 1.165) is 28.7 Å². The molecule has 0 saturated heterocycles. The third-order valence-electron chi connectivity index (χ3n) is 5.22. The predicted octanol–water partition coefficient (Wildman–Crippen LogP) is 3.42. The minimum atomic E-state index is 0.0205. The highest BCUT2D eigenvalue weighted by Gasteiger charge is 2.30. The monoisotopic (exact) mass is 378 g/mol. The summed E-state index contributed by atoms with van der Waals surface area (Å²) in [6, 6.07) is 9.83. The van der Waals surface area contributed by atoms with E-state index in [1.54, 1.807) is 0 Å². The Balaban J connectivity index is 1.56. The maximum absolute atomic E-state index is 13.1. The average Bonchev–Trinajstić information content (AvgIpc) is 3.24. The minimum absolute atomic E-state index is 0.0205. The molecule has 1 aromatic carbocycles. The van der Waals surface area contributed by atoms with E-state index in [4.69, 9.17) is 0 Å². The molecule has 7 heteroatoms. The zero-order valence-corrected chi connectivity index (χ0v) is 17.0. The molecule has 0 fully saturated rings. The number of rotatable bonds is 3. The van der Waals surface area contributed by atoms with Crippen LogP contribution in [-0.2, 0) is 6.54 Å². The molecule has 0 bridgehead atoms. The van der Waals surface area contributed by atoms with Crippen molar-refractivity contribution in [1.29, 1.82) is 0 Å². The van der Waals surface area contributed by atoms with E-state index in [1.165, 1.54) is 0 Å². The molecule has 0 saturated carbocycles. The average molecular weight is 378 g/mol. The Labute approximate surface area is 165 Å². The lowest BCUT2D eigenvalue weighted by Crippen LogP contribution is -2.40. The molecule has 1 aliphatic rings. The van der Waals surface area contributed by atoms with Gasteiger partial charge in [0.1, 0.15) is 5.82 Å². The van der Waals surface area contributed by atoms with Gasteiger partial charge in [-0.3, -0.25) is 4.79 Å². The molecule has 2 aromatic heterocycles. The summed E-state index contributed by atoms with van der Waals surface area (Å²) in [6.45, 7) is 11.5. The Hall–Kier alpha value is -2.96. The first-order chi connectivity index (χ1) is 13.3. The van der Waals surface area contributed by atoms with Gasteiger partial charge in [0.2, 0.25) is 0 Å². The number of hydrogen-bond donors (Lipinski definition) is 0. The van der Waals surface area contributed by atoms with Crippen molar-refractivity contribution < 1.29 is 4.79 Å². The van der Waals surface area contributed by atoms with Gasteiger partial charge in [-0.15, -0.1) is 10.2 Å². The van der Waals surface area contributed by atoms with Crippen LogP contribution in [0.25, 0.3) is 5.69 Å². The second kappa shape index (κ2) is 6.89. The molecule has 1 aliphatic heterocycles. The molecule has 7 nitrogen and oxygen atoms in total. The van der Waals surface area contributed by atoms with Gasteiger partial charge in [0.25, 0.3) is 5.91 Å². The lowest BCUT2D eigenvalue weighted by molar-refractivity contribution is 0.0679. The highest BCUT2D eigenvalue weighted by Crippen LogP contribution is 2.26. The van der Waals surface area contributed by atoms with Crippen molar-refractivity contribution >= 4 is 5.91 Å². The molecule has 1 amide bonds. The van der Waals surface area contributed by atoms with E-state index in [-0.39, 0.29) is 11.9 Å². The largest absolute Gasteiger partial charge is 0.329 e. The summed E-state index contributed by atoms with van der Waals surface area (Å²) < 4.78 is 4.07. The number of amides is 1. The van der Waals surface area contributed by atoms with E-state index >= 15 is 0 Å². The fourth-order valence-corrected chi connectivity index (χ4v) is 3.93. The van der Waals surface area contributed by atoms with Gasteiger partial charge in [-0.1, -0.05) is 13.8 Å². The van der Waals surface area contributed by atoms with Gasteiger partial charge in [0, 0.05) is 23.7 Å². The van der Waals surface area contributed by atoms with Crippen LogP contribution in [0, 0.1) is 13.8 Å². The number of fused-ring (bicyclic) bond motifs is 1. The van der Waals surface area contributed by atoms with Crippen molar-refractivity contribution in [2.45, 2.75) is 53.1 Å². The van der Waals surface area contributed by atoms with Crippen LogP contribution in [0.1, 0.15) is 66.1 Å². The lowest BCUT2D eigenvalue weighted by Gasteiger charge is -2.33. The van der Waals surface area contributed by atoms with Crippen LogP contribution in [-0.4, -0.2) is 41.9 Å². The third-order valence-corrected chi connectivity index (χ3v) is 5.22. The number of aromatic nitrogens is 5. The zero-order chi connectivity index (χ0) is 20.0. The highest BCUT2D eigenvalue weighted by atomic mass is 16.2. The SMILES string of the molecule is Cc1cc(C)n(-c2ccc(C(=O)N3Cc4nnc(C(C)C)n4[C@@H](C)C3)cc2)n1. The summed E-state index contributed by atoms with van der Waals surface area (Å²) in [6.07, 6.45) is 0. The fraction of sp³-hybridized carbons (Fsp3) is 0.429.